The van der Waals surface area contributed by atoms with Gasteiger partial charge in [0.1, 0.15) is 22.3 Å². The summed E-state index contributed by atoms with van der Waals surface area (Å²) < 4.78 is 15.5. The monoisotopic (exact) mass is 260 g/mol. The smallest absolute Gasteiger partial charge is 0.144 e. The van der Waals surface area contributed by atoms with Gasteiger partial charge in [-0.1, -0.05) is 28.7 Å². The van der Waals surface area contributed by atoms with Crippen LogP contribution < -0.4 is 0 Å². The summed E-state index contributed by atoms with van der Waals surface area (Å²) in [6.45, 7) is 5.69. The van der Waals surface area contributed by atoms with E-state index in [4.69, 9.17) is 0 Å². The molecule has 0 fully saturated rings. The van der Waals surface area contributed by atoms with Crippen LogP contribution in [0, 0.1) is 0 Å². The van der Waals surface area contributed by atoms with E-state index in [0.717, 1.165) is 16.6 Å². The Morgan fingerprint density at radius 3 is 2.61 bits per heavy atom. The van der Waals surface area contributed by atoms with Crippen molar-refractivity contribution in [2.24, 2.45) is 4.40 Å². The summed E-state index contributed by atoms with van der Waals surface area (Å²) in [7, 11) is 0. The van der Waals surface area contributed by atoms with Crippen molar-refractivity contribution < 1.29 is 4.55 Å². The number of para-hydroxylation sites is 1. The number of nitrogens with zero attached hydrogens (tertiary/aromatic N) is 2. The number of rotatable bonds is 2. The lowest BCUT2D eigenvalue weighted by Crippen LogP contribution is -2.25. The number of fused-ring (bicyclic) bond motifs is 1. The van der Waals surface area contributed by atoms with Gasteiger partial charge in [0.25, 0.3) is 0 Å². The minimum absolute atomic E-state index is 0.340. The van der Waals surface area contributed by atoms with Gasteiger partial charge in [-0.2, -0.15) is 0 Å². The third kappa shape index (κ3) is 3.09. The van der Waals surface area contributed by atoms with Gasteiger partial charge in [0.15, 0.2) is 0 Å². The molecule has 1 aromatic heterocycles. The molecule has 0 saturated heterocycles. The zero-order valence-corrected chi connectivity index (χ0v) is 11.6. The lowest BCUT2D eigenvalue weighted by atomic mass is 10.2. The fourth-order valence-corrected chi connectivity index (χ4v) is 1.93. The molecule has 2 rings (SSSR count). The maximum Gasteiger partial charge on any atom is 0.144 e. The van der Waals surface area contributed by atoms with Gasteiger partial charge in [0, 0.05) is 5.39 Å². The molecule has 4 heteroatoms. The van der Waals surface area contributed by atoms with Gasteiger partial charge in [0.05, 0.1) is 11.2 Å². The van der Waals surface area contributed by atoms with Crippen LogP contribution in [0.4, 0.5) is 0 Å². The van der Waals surface area contributed by atoms with E-state index in [2.05, 4.69) is 9.38 Å². The van der Waals surface area contributed by atoms with E-state index in [9.17, 15) is 4.55 Å². The molecule has 0 bridgehead atoms. The normalized spacial score (nSPS) is 14.2. The minimum Gasteiger partial charge on any atom is -0.591 e. The van der Waals surface area contributed by atoms with E-state index in [1.165, 1.54) is 0 Å². The molecule has 0 aliphatic carbocycles. The maximum absolute atomic E-state index is 11.8. The molecule has 0 N–H and O–H groups in total. The van der Waals surface area contributed by atoms with Crippen molar-refractivity contribution in [1.82, 2.24) is 4.98 Å². The molecule has 0 spiro atoms. The first-order chi connectivity index (χ1) is 8.47. The number of pyridine rings is 1. The Bertz CT molecular complexity index is 575. The minimum atomic E-state index is -1.24. The van der Waals surface area contributed by atoms with Crippen LogP contribution in [0.5, 0.6) is 0 Å². The van der Waals surface area contributed by atoms with E-state index in [1.54, 1.807) is 6.21 Å². The predicted octanol–water partition coefficient (Wildman–Crippen LogP) is 3.12. The molecule has 0 amide bonds. The van der Waals surface area contributed by atoms with E-state index in [-0.39, 0.29) is 4.75 Å². The topological polar surface area (TPSA) is 48.3 Å². The fourth-order valence-electron chi connectivity index (χ4n) is 1.41. The van der Waals surface area contributed by atoms with Gasteiger partial charge >= 0.3 is 0 Å². The van der Waals surface area contributed by atoms with Crippen molar-refractivity contribution in [2.45, 2.75) is 25.5 Å². The summed E-state index contributed by atoms with van der Waals surface area (Å²) in [4.78, 5) is 4.45. The first-order valence-corrected chi connectivity index (χ1v) is 6.89. The second kappa shape index (κ2) is 5.08. The quantitative estimate of drug-likeness (QED) is 0.615. The van der Waals surface area contributed by atoms with Crippen LogP contribution in [0.25, 0.3) is 10.9 Å². The Labute approximate surface area is 110 Å². The molecular weight excluding hydrogens is 244 g/mol. The highest BCUT2D eigenvalue weighted by atomic mass is 32.2. The summed E-state index contributed by atoms with van der Waals surface area (Å²) in [5.74, 6) is 0. The van der Waals surface area contributed by atoms with Crippen molar-refractivity contribution in [2.75, 3.05) is 0 Å². The zero-order chi connectivity index (χ0) is 13.2. The Balaban J connectivity index is 2.25. The van der Waals surface area contributed by atoms with Crippen molar-refractivity contribution >= 4 is 28.5 Å². The number of aromatic nitrogens is 1. The Morgan fingerprint density at radius 1 is 1.17 bits per heavy atom. The van der Waals surface area contributed by atoms with Gasteiger partial charge in [-0.05, 0) is 32.9 Å². The van der Waals surface area contributed by atoms with Crippen LogP contribution in [0.2, 0.25) is 0 Å². The highest BCUT2D eigenvalue weighted by Gasteiger charge is 2.25. The summed E-state index contributed by atoms with van der Waals surface area (Å²) in [5, 5.41) is 1.09. The Morgan fingerprint density at radius 2 is 1.89 bits per heavy atom. The van der Waals surface area contributed by atoms with Crippen molar-refractivity contribution in [1.29, 1.82) is 0 Å². The first-order valence-electron chi connectivity index (χ1n) is 5.79. The molecule has 1 unspecified atom stereocenters. The second-order valence-corrected chi connectivity index (χ2v) is 6.96. The molecule has 1 atom stereocenters. The van der Waals surface area contributed by atoms with Crippen LogP contribution in [0.3, 0.4) is 0 Å². The molecule has 0 aliphatic rings. The molecule has 94 valence electrons. The summed E-state index contributed by atoms with van der Waals surface area (Å²) in [6, 6.07) is 11.8. The summed E-state index contributed by atoms with van der Waals surface area (Å²) in [6.07, 6.45) is 1.58. The van der Waals surface area contributed by atoms with E-state index >= 15 is 0 Å². The van der Waals surface area contributed by atoms with Crippen LogP contribution in [0.1, 0.15) is 26.5 Å². The fraction of sp³-hybridized carbons (Fsp3) is 0.286. The first kappa shape index (κ1) is 13.1. The van der Waals surface area contributed by atoms with Crippen LogP contribution in [0.15, 0.2) is 40.8 Å². The van der Waals surface area contributed by atoms with Crippen LogP contribution in [-0.2, 0) is 11.4 Å². The standard InChI is InChI=1S/C14H16N2OS/c1-14(2,3)18(17)15-10-12-9-8-11-6-4-5-7-13(11)16-12/h4-10H,1-3H3/b15-10+. The molecule has 0 radical (unpaired) electrons. The highest BCUT2D eigenvalue weighted by molar-refractivity contribution is 7.91. The number of hydrogen-bond acceptors (Lipinski definition) is 3. The van der Waals surface area contributed by atoms with Crippen LogP contribution in [-0.4, -0.2) is 20.5 Å². The van der Waals surface area contributed by atoms with Gasteiger partial charge in [-0.25, -0.2) is 4.98 Å². The predicted molar refractivity (Wildman–Crippen MR) is 77.2 cm³/mol. The van der Waals surface area contributed by atoms with E-state index in [0.29, 0.717) is 0 Å². The van der Waals surface area contributed by atoms with Crippen LogP contribution >= 0.6 is 0 Å². The summed E-state index contributed by atoms with van der Waals surface area (Å²) in [5.41, 5.74) is 1.65. The largest absolute Gasteiger partial charge is 0.591 e. The third-order valence-corrected chi connectivity index (χ3v) is 3.77. The van der Waals surface area contributed by atoms with Gasteiger partial charge in [-0.3, -0.25) is 0 Å². The molecule has 1 aromatic carbocycles. The lowest BCUT2D eigenvalue weighted by Gasteiger charge is -2.17. The molecule has 0 saturated carbocycles. The van der Waals surface area contributed by atoms with Crippen molar-refractivity contribution in [3.8, 4) is 0 Å². The molecule has 3 nitrogen and oxygen atoms in total. The van der Waals surface area contributed by atoms with E-state index in [1.807, 2.05) is 57.2 Å². The highest BCUT2D eigenvalue weighted by Crippen LogP contribution is 2.17. The van der Waals surface area contributed by atoms with Gasteiger partial charge in [0.2, 0.25) is 0 Å². The Hall–Kier alpha value is -1.39. The van der Waals surface area contributed by atoms with Gasteiger partial charge < -0.3 is 4.55 Å². The zero-order valence-electron chi connectivity index (χ0n) is 10.8. The average Bonchev–Trinajstić information content (AvgIpc) is 2.34. The molecule has 18 heavy (non-hydrogen) atoms. The van der Waals surface area contributed by atoms with Crippen molar-refractivity contribution in [3.63, 3.8) is 0 Å². The Kier molecular flexibility index (Phi) is 3.68. The summed E-state index contributed by atoms with van der Waals surface area (Å²) >= 11 is -1.24. The molecule has 0 aliphatic heterocycles. The average molecular weight is 260 g/mol. The maximum atomic E-state index is 11.8. The number of hydrogen-bond donors (Lipinski definition) is 0. The van der Waals surface area contributed by atoms with E-state index < -0.39 is 11.4 Å². The van der Waals surface area contributed by atoms with Crippen molar-refractivity contribution in [3.05, 3.63) is 42.1 Å². The molecule has 2 aromatic rings. The number of benzene rings is 1. The lowest BCUT2D eigenvalue weighted by molar-refractivity contribution is 0.562. The second-order valence-electron chi connectivity index (χ2n) is 5.02. The SMILES string of the molecule is CC(C)(C)[S+]([O-])/N=C/c1ccc2ccccc2n1. The van der Waals surface area contributed by atoms with Gasteiger partial charge in [-0.15, -0.1) is 0 Å². The molecule has 1 heterocycles. The third-order valence-electron chi connectivity index (χ3n) is 2.42. The molecular formula is C14H16N2OS.